The second-order valence-corrected chi connectivity index (χ2v) is 19.7. The minimum Gasteiger partial charge on any atom is -0.481 e. The largest absolute Gasteiger partial charge is 0.481 e. The molecule has 1 unspecified atom stereocenters. The average molecular weight is 727 g/mol. The molecular formula is C35H50N6O9Si. The first-order chi connectivity index (χ1) is 23.9. The van der Waals surface area contributed by atoms with Gasteiger partial charge < -0.3 is 44.6 Å². The molecular weight excluding hydrogens is 677 g/mol. The van der Waals surface area contributed by atoms with Gasteiger partial charge in [0.2, 0.25) is 0 Å². The number of alkyl carbamates (subject to hydrolysis) is 1. The van der Waals surface area contributed by atoms with Crippen LogP contribution in [0.5, 0.6) is 0 Å². The Hall–Kier alpha value is -5.09. The van der Waals surface area contributed by atoms with Gasteiger partial charge >= 0.3 is 24.2 Å². The highest BCUT2D eigenvalue weighted by Gasteiger charge is 2.30. The number of aliphatic carboxylic acids is 1. The fourth-order valence-corrected chi connectivity index (χ4v) is 5.42. The zero-order chi connectivity index (χ0) is 37.8. The van der Waals surface area contributed by atoms with Gasteiger partial charge in [-0.05, 0) is 50.6 Å². The SMILES string of the molecule is COC(=O)Nc1ccc(-c2cn(COCC[Si](C)(C)C)c(C(CN(CCC(=O)O)C(=O)OC(C)(C)C)NC(=O)OCc3ccccc3)n2)c(N)c1. The predicted octanol–water partition coefficient (Wildman–Crippen LogP) is 6.30. The molecule has 0 saturated heterocycles. The maximum Gasteiger partial charge on any atom is 0.411 e. The average Bonchev–Trinajstić information content (AvgIpc) is 3.46. The summed E-state index contributed by atoms with van der Waals surface area (Å²) in [6, 6.07) is 13.9. The molecule has 5 N–H and O–H groups in total. The highest BCUT2D eigenvalue weighted by molar-refractivity contribution is 6.76. The Labute approximate surface area is 299 Å². The minimum atomic E-state index is -1.42. The molecule has 0 aliphatic carbocycles. The van der Waals surface area contributed by atoms with Crippen LogP contribution in [0, 0.1) is 0 Å². The molecule has 0 spiro atoms. The van der Waals surface area contributed by atoms with Gasteiger partial charge in [0.25, 0.3) is 0 Å². The lowest BCUT2D eigenvalue weighted by atomic mass is 10.1. The van der Waals surface area contributed by atoms with E-state index in [-0.39, 0.29) is 38.7 Å². The van der Waals surface area contributed by atoms with E-state index in [0.29, 0.717) is 29.2 Å². The van der Waals surface area contributed by atoms with E-state index in [2.05, 4.69) is 35.0 Å². The Morgan fingerprint density at radius 1 is 1.06 bits per heavy atom. The second-order valence-electron chi connectivity index (χ2n) is 14.0. The summed E-state index contributed by atoms with van der Waals surface area (Å²) >= 11 is 0. The van der Waals surface area contributed by atoms with Gasteiger partial charge in [-0.25, -0.2) is 19.4 Å². The quantitative estimate of drug-likeness (QED) is 0.0559. The molecule has 3 aromatic rings. The normalized spacial score (nSPS) is 12.1. The van der Waals surface area contributed by atoms with Crippen LogP contribution in [0.4, 0.5) is 25.8 Å². The van der Waals surface area contributed by atoms with Crippen molar-refractivity contribution in [1.82, 2.24) is 19.8 Å². The summed E-state index contributed by atoms with van der Waals surface area (Å²) in [4.78, 5) is 56.1. The van der Waals surface area contributed by atoms with Crippen molar-refractivity contribution >= 4 is 43.7 Å². The molecule has 0 bridgehead atoms. The van der Waals surface area contributed by atoms with Gasteiger partial charge in [-0.15, -0.1) is 0 Å². The van der Waals surface area contributed by atoms with Gasteiger partial charge in [-0.3, -0.25) is 10.1 Å². The first-order valence-corrected chi connectivity index (χ1v) is 20.2. The molecule has 1 heterocycles. The van der Waals surface area contributed by atoms with Crippen LogP contribution in [0.3, 0.4) is 0 Å². The molecule has 15 nitrogen and oxygen atoms in total. The lowest BCUT2D eigenvalue weighted by Crippen LogP contribution is -2.44. The number of carbonyl (C=O) groups is 4. The number of rotatable bonds is 16. The van der Waals surface area contributed by atoms with Crippen LogP contribution in [0.2, 0.25) is 25.7 Å². The molecule has 2 aromatic carbocycles. The maximum atomic E-state index is 13.4. The number of nitrogen functional groups attached to an aromatic ring is 1. The molecule has 1 atom stereocenters. The lowest BCUT2D eigenvalue weighted by molar-refractivity contribution is -0.137. The third-order valence-electron chi connectivity index (χ3n) is 7.26. The molecule has 0 aliphatic heterocycles. The van der Waals surface area contributed by atoms with Gasteiger partial charge in [-0.2, -0.15) is 0 Å². The number of nitrogens with zero attached hydrogens (tertiary/aromatic N) is 3. The van der Waals surface area contributed by atoms with Crippen molar-refractivity contribution in [2.75, 3.05) is 37.9 Å². The topological polar surface area (TPSA) is 197 Å². The van der Waals surface area contributed by atoms with E-state index in [1.807, 2.05) is 30.3 Å². The molecule has 0 radical (unpaired) electrons. The summed E-state index contributed by atoms with van der Waals surface area (Å²) in [5, 5.41) is 14.9. The summed E-state index contributed by atoms with van der Waals surface area (Å²) < 4.78 is 23.6. The number of anilines is 2. The van der Waals surface area contributed by atoms with Crippen LogP contribution in [-0.4, -0.2) is 84.3 Å². The number of hydrogen-bond acceptors (Lipinski definition) is 10. The first-order valence-electron chi connectivity index (χ1n) is 16.5. The van der Waals surface area contributed by atoms with Crippen molar-refractivity contribution < 1.29 is 43.2 Å². The highest BCUT2D eigenvalue weighted by atomic mass is 28.3. The Kier molecular flexibility index (Phi) is 14.4. The molecule has 51 heavy (non-hydrogen) atoms. The number of benzene rings is 2. The smallest absolute Gasteiger partial charge is 0.411 e. The number of imidazole rings is 1. The molecule has 278 valence electrons. The molecule has 16 heteroatoms. The highest BCUT2D eigenvalue weighted by Crippen LogP contribution is 2.30. The molecule has 0 aliphatic rings. The number of nitrogens with one attached hydrogen (secondary N) is 2. The van der Waals surface area contributed by atoms with E-state index in [4.69, 9.17) is 24.9 Å². The van der Waals surface area contributed by atoms with E-state index in [1.165, 1.54) is 12.0 Å². The second kappa shape index (κ2) is 18.2. The summed E-state index contributed by atoms with van der Waals surface area (Å²) in [5.41, 5.74) is 7.94. The van der Waals surface area contributed by atoms with Crippen LogP contribution in [0.15, 0.2) is 54.7 Å². The Morgan fingerprint density at radius 3 is 2.37 bits per heavy atom. The van der Waals surface area contributed by atoms with Gasteiger partial charge in [0, 0.05) is 44.4 Å². The van der Waals surface area contributed by atoms with E-state index in [1.54, 1.807) is 49.7 Å². The number of aromatic nitrogens is 2. The van der Waals surface area contributed by atoms with E-state index >= 15 is 0 Å². The third-order valence-corrected chi connectivity index (χ3v) is 8.96. The Balaban J connectivity index is 2.07. The predicted molar refractivity (Wildman–Crippen MR) is 195 cm³/mol. The van der Waals surface area contributed by atoms with E-state index in [9.17, 15) is 24.3 Å². The van der Waals surface area contributed by atoms with Crippen molar-refractivity contribution in [3.05, 3.63) is 66.1 Å². The van der Waals surface area contributed by atoms with Crippen LogP contribution in [0.1, 0.15) is 44.6 Å². The summed E-state index contributed by atoms with van der Waals surface area (Å²) in [5.74, 6) is -0.828. The zero-order valence-electron chi connectivity index (χ0n) is 30.4. The third kappa shape index (κ3) is 14.0. The number of carboxylic acid groups (broad SMARTS) is 1. The Bertz CT molecular complexity index is 1640. The lowest BCUT2D eigenvalue weighted by Gasteiger charge is -2.30. The van der Waals surface area contributed by atoms with Crippen molar-refractivity contribution in [1.29, 1.82) is 0 Å². The zero-order valence-corrected chi connectivity index (χ0v) is 31.4. The van der Waals surface area contributed by atoms with Crippen LogP contribution >= 0.6 is 0 Å². The monoisotopic (exact) mass is 726 g/mol. The van der Waals surface area contributed by atoms with Crippen molar-refractivity contribution in [3.63, 3.8) is 0 Å². The van der Waals surface area contributed by atoms with Crippen molar-refractivity contribution in [2.24, 2.45) is 0 Å². The van der Waals surface area contributed by atoms with Crippen LogP contribution in [0.25, 0.3) is 11.3 Å². The van der Waals surface area contributed by atoms with Gasteiger partial charge in [0.1, 0.15) is 30.8 Å². The van der Waals surface area contributed by atoms with E-state index in [0.717, 1.165) is 11.6 Å². The summed E-state index contributed by atoms with van der Waals surface area (Å²) in [6.45, 7) is 11.9. The molecule has 1 aromatic heterocycles. The number of hydrogen-bond donors (Lipinski definition) is 4. The van der Waals surface area contributed by atoms with Crippen molar-refractivity contribution in [2.45, 2.75) is 77.9 Å². The summed E-state index contributed by atoms with van der Waals surface area (Å²) in [6.07, 6.45) is -0.876. The number of ether oxygens (including phenoxy) is 4. The van der Waals surface area contributed by atoms with Gasteiger partial charge in [0.15, 0.2) is 0 Å². The van der Waals surface area contributed by atoms with Gasteiger partial charge in [0.05, 0.1) is 25.8 Å². The number of nitrogens with two attached hydrogens (primary N) is 1. The van der Waals surface area contributed by atoms with Crippen LogP contribution < -0.4 is 16.4 Å². The fraction of sp³-hybridized carbons (Fsp3) is 0.457. The van der Waals surface area contributed by atoms with E-state index < -0.39 is 44.0 Å². The number of carbonyl (C=O) groups excluding carboxylic acids is 3. The fourth-order valence-electron chi connectivity index (χ4n) is 4.66. The standard InChI is InChI=1S/C35H50N6O9Si/c1-35(2,3)50-34(46)40(16-15-30(42)43)21-29(39-33(45)49-22-24-11-9-8-10-12-24)31-38-28(20-41(31)23-48-17-18-51(5,6)7)26-14-13-25(19-27(26)36)37-32(44)47-4/h8-14,19-20,29H,15-18,21-23,36H2,1-7H3,(H,37,44)(H,39,45)(H,42,43). The number of amides is 3. The number of carboxylic acids is 1. The molecule has 3 rings (SSSR count). The molecule has 0 saturated carbocycles. The minimum absolute atomic E-state index is 0.0177. The van der Waals surface area contributed by atoms with Crippen molar-refractivity contribution in [3.8, 4) is 11.3 Å². The molecule has 3 amide bonds. The van der Waals surface area contributed by atoms with Crippen LogP contribution in [-0.2, 0) is 37.1 Å². The summed E-state index contributed by atoms with van der Waals surface area (Å²) in [7, 11) is -0.172. The Morgan fingerprint density at radius 2 is 1.76 bits per heavy atom. The maximum absolute atomic E-state index is 13.4. The number of methoxy groups -OCH3 is 1. The first kappa shape index (κ1) is 40.3. The molecule has 0 fully saturated rings. The van der Waals surface area contributed by atoms with Gasteiger partial charge in [-0.1, -0.05) is 50.0 Å².